The zero-order chi connectivity index (χ0) is 31.1. The summed E-state index contributed by atoms with van der Waals surface area (Å²) in [6.07, 6.45) is 6.92. The molecule has 0 atom stereocenters. The fraction of sp³-hybridized carbons (Fsp3) is 0.200. The Balaban J connectivity index is 1.33. The summed E-state index contributed by atoms with van der Waals surface area (Å²) < 4.78 is 44.7. The molecule has 3 aromatic carbocycles. The molecule has 1 aliphatic heterocycles. The Labute approximate surface area is 262 Å². The summed E-state index contributed by atoms with van der Waals surface area (Å²) in [6, 6.07) is 23.6. The van der Waals surface area contributed by atoms with Gasteiger partial charge in [0.2, 0.25) is 0 Å². The number of hydrogen-bond acceptors (Lipinski definition) is 6. The van der Waals surface area contributed by atoms with Gasteiger partial charge in [0, 0.05) is 72.5 Å². The molecule has 0 saturated carbocycles. The van der Waals surface area contributed by atoms with Crippen LogP contribution in [0.1, 0.15) is 11.1 Å². The van der Waals surface area contributed by atoms with E-state index in [2.05, 4.69) is 46.2 Å². The van der Waals surface area contributed by atoms with Gasteiger partial charge in [-0.05, 0) is 67.6 Å². The SMILES string of the molecule is Cc1ccc(S(=O)(=O)n2cc(-c3cnn(Cc4cccc(F)c4)c3)c3cc(-c4cccc(N5CCN(C)CC5)c4)cnc32)cc1. The van der Waals surface area contributed by atoms with Crippen LogP contribution in [0.4, 0.5) is 10.1 Å². The fourth-order valence-electron chi connectivity index (χ4n) is 5.83. The smallest absolute Gasteiger partial charge is 0.269 e. The molecule has 0 radical (unpaired) electrons. The van der Waals surface area contributed by atoms with Crippen LogP contribution in [0.2, 0.25) is 0 Å². The van der Waals surface area contributed by atoms with Gasteiger partial charge in [-0.1, -0.05) is 42.0 Å². The van der Waals surface area contributed by atoms with Crippen molar-refractivity contribution in [2.24, 2.45) is 0 Å². The molecule has 1 saturated heterocycles. The van der Waals surface area contributed by atoms with Gasteiger partial charge in [-0.25, -0.2) is 21.8 Å². The average molecular weight is 621 g/mol. The van der Waals surface area contributed by atoms with Crippen molar-refractivity contribution in [1.82, 2.24) is 23.6 Å². The van der Waals surface area contributed by atoms with Crippen molar-refractivity contribution in [3.8, 4) is 22.3 Å². The lowest BCUT2D eigenvalue weighted by atomic mass is 10.0. The van der Waals surface area contributed by atoms with Crippen LogP contribution in [0.15, 0.2) is 109 Å². The third-order valence-corrected chi connectivity index (χ3v) is 10.1. The summed E-state index contributed by atoms with van der Waals surface area (Å²) in [6.45, 7) is 6.24. The van der Waals surface area contributed by atoms with Gasteiger partial charge in [0.25, 0.3) is 10.0 Å². The highest BCUT2D eigenvalue weighted by Crippen LogP contribution is 2.35. The van der Waals surface area contributed by atoms with Crippen LogP contribution in [0.25, 0.3) is 33.3 Å². The van der Waals surface area contributed by atoms with Crippen molar-refractivity contribution < 1.29 is 12.8 Å². The average Bonchev–Trinajstić information content (AvgIpc) is 3.66. The predicted octanol–water partition coefficient (Wildman–Crippen LogP) is 6.05. The molecule has 4 heterocycles. The van der Waals surface area contributed by atoms with Gasteiger partial charge < -0.3 is 9.80 Å². The second-order valence-electron chi connectivity index (χ2n) is 11.6. The summed E-state index contributed by atoms with van der Waals surface area (Å²) in [4.78, 5) is 9.64. The van der Waals surface area contributed by atoms with E-state index in [9.17, 15) is 12.8 Å². The van der Waals surface area contributed by atoms with E-state index in [4.69, 9.17) is 4.98 Å². The molecular weight excluding hydrogens is 587 g/mol. The maximum Gasteiger partial charge on any atom is 0.269 e. The Kier molecular flexibility index (Phi) is 7.47. The van der Waals surface area contributed by atoms with Gasteiger partial charge in [-0.3, -0.25) is 4.68 Å². The van der Waals surface area contributed by atoms with E-state index in [1.54, 1.807) is 53.6 Å². The number of hydrogen-bond donors (Lipinski definition) is 0. The number of fused-ring (bicyclic) bond motifs is 1. The molecule has 228 valence electrons. The molecule has 0 amide bonds. The summed E-state index contributed by atoms with van der Waals surface area (Å²) in [5, 5.41) is 5.21. The van der Waals surface area contributed by atoms with E-state index in [1.165, 1.54) is 16.1 Å². The molecule has 0 spiro atoms. The number of aromatic nitrogens is 4. The van der Waals surface area contributed by atoms with Crippen molar-refractivity contribution in [3.05, 3.63) is 121 Å². The van der Waals surface area contributed by atoms with Crippen molar-refractivity contribution >= 4 is 26.7 Å². The van der Waals surface area contributed by atoms with E-state index in [1.807, 2.05) is 25.3 Å². The first-order valence-electron chi connectivity index (χ1n) is 14.9. The molecule has 45 heavy (non-hydrogen) atoms. The summed E-state index contributed by atoms with van der Waals surface area (Å²) in [5.41, 5.74) is 6.55. The van der Waals surface area contributed by atoms with Crippen LogP contribution in [-0.4, -0.2) is 65.3 Å². The predicted molar refractivity (Wildman–Crippen MR) is 175 cm³/mol. The lowest BCUT2D eigenvalue weighted by molar-refractivity contribution is 0.313. The van der Waals surface area contributed by atoms with Crippen LogP contribution in [-0.2, 0) is 16.6 Å². The third-order valence-electron chi connectivity index (χ3n) is 8.42. The molecule has 7 rings (SSSR count). The number of halogens is 1. The van der Waals surface area contributed by atoms with E-state index in [-0.39, 0.29) is 10.7 Å². The maximum atomic E-state index is 13.9. The standard InChI is InChI=1S/C35H33FN6O2S/c1-25-9-11-32(12-10-25)45(43,44)42-24-34(29-21-38-41(23-29)22-26-5-3-7-30(36)17-26)33-19-28(20-37-35(33)42)27-6-4-8-31(18-27)40-15-13-39(2)14-16-40/h3-12,17-21,23-24H,13-16,22H2,1-2H3. The first-order chi connectivity index (χ1) is 21.7. The molecule has 0 aliphatic carbocycles. The quantitative estimate of drug-likeness (QED) is 0.216. The highest BCUT2D eigenvalue weighted by Gasteiger charge is 2.24. The van der Waals surface area contributed by atoms with Crippen LogP contribution >= 0.6 is 0 Å². The molecule has 1 aliphatic rings. The topological polar surface area (TPSA) is 76.3 Å². The monoisotopic (exact) mass is 620 g/mol. The number of anilines is 1. The van der Waals surface area contributed by atoms with Gasteiger partial charge in [0.05, 0.1) is 17.6 Å². The van der Waals surface area contributed by atoms with Gasteiger partial charge in [-0.2, -0.15) is 5.10 Å². The zero-order valence-corrected chi connectivity index (χ0v) is 26.0. The summed E-state index contributed by atoms with van der Waals surface area (Å²) in [5.74, 6) is -0.306. The van der Waals surface area contributed by atoms with Crippen LogP contribution < -0.4 is 4.90 Å². The van der Waals surface area contributed by atoms with Crippen molar-refractivity contribution in [2.75, 3.05) is 38.1 Å². The van der Waals surface area contributed by atoms with Crippen LogP contribution in [0.3, 0.4) is 0 Å². The highest BCUT2D eigenvalue weighted by molar-refractivity contribution is 7.90. The second kappa shape index (κ2) is 11.6. The minimum atomic E-state index is -3.94. The van der Waals surface area contributed by atoms with Gasteiger partial charge >= 0.3 is 0 Å². The van der Waals surface area contributed by atoms with E-state index < -0.39 is 10.0 Å². The van der Waals surface area contributed by atoms with Crippen molar-refractivity contribution in [1.29, 1.82) is 0 Å². The number of nitrogens with zero attached hydrogens (tertiary/aromatic N) is 6. The summed E-state index contributed by atoms with van der Waals surface area (Å²) in [7, 11) is -1.80. The van der Waals surface area contributed by atoms with E-state index in [0.717, 1.165) is 59.7 Å². The molecule has 0 bridgehead atoms. The Morgan fingerprint density at radius 2 is 1.60 bits per heavy atom. The molecule has 0 unspecified atom stereocenters. The van der Waals surface area contributed by atoms with E-state index >= 15 is 0 Å². The van der Waals surface area contributed by atoms with Crippen molar-refractivity contribution in [3.63, 3.8) is 0 Å². The lowest BCUT2D eigenvalue weighted by Gasteiger charge is -2.34. The van der Waals surface area contributed by atoms with E-state index in [0.29, 0.717) is 23.1 Å². The fourth-order valence-corrected chi connectivity index (χ4v) is 7.16. The first-order valence-corrected chi connectivity index (χ1v) is 16.3. The summed E-state index contributed by atoms with van der Waals surface area (Å²) >= 11 is 0. The molecule has 6 aromatic rings. The largest absolute Gasteiger partial charge is 0.369 e. The molecular formula is C35H33FN6O2S. The number of benzene rings is 3. The maximum absolute atomic E-state index is 13.9. The molecule has 0 N–H and O–H groups in total. The zero-order valence-electron chi connectivity index (χ0n) is 25.1. The lowest BCUT2D eigenvalue weighted by Crippen LogP contribution is -2.44. The minimum Gasteiger partial charge on any atom is -0.369 e. The Hall–Kier alpha value is -4.80. The number of rotatable bonds is 7. The number of likely N-dealkylation sites (N-methyl/N-ethyl adjacent to an activating group) is 1. The van der Waals surface area contributed by atoms with Gasteiger partial charge in [0.15, 0.2) is 5.65 Å². The highest BCUT2D eigenvalue weighted by atomic mass is 32.2. The number of piperazine rings is 1. The minimum absolute atomic E-state index is 0.184. The Bertz CT molecular complexity index is 2110. The molecule has 1 fully saturated rings. The van der Waals surface area contributed by atoms with Crippen LogP contribution in [0, 0.1) is 12.7 Å². The molecule has 8 nitrogen and oxygen atoms in total. The van der Waals surface area contributed by atoms with Gasteiger partial charge in [0.1, 0.15) is 5.82 Å². The Morgan fingerprint density at radius 3 is 2.38 bits per heavy atom. The Morgan fingerprint density at radius 1 is 0.822 bits per heavy atom. The number of pyridine rings is 1. The van der Waals surface area contributed by atoms with Crippen molar-refractivity contribution in [2.45, 2.75) is 18.4 Å². The third kappa shape index (κ3) is 5.74. The first kappa shape index (κ1) is 28.9. The normalized spacial score (nSPS) is 14.3. The second-order valence-corrected chi connectivity index (χ2v) is 13.5. The molecule has 10 heteroatoms. The number of aryl methyl sites for hydroxylation is 1. The van der Waals surface area contributed by atoms with Gasteiger partial charge in [-0.15, -0.1) is 0 Å². The molecule has 3 aromatic heterocycles. The van der Waals surface area contributed by atoms with Crippen LogP contribution in [0.5, 0.6) is 0 Å².